The summed E-state index contributed by atoms with van der Waals surface area (Å²) in [6.07, 6.45) is 2.16. The van der Waals surface area contributed by atoms with Crippen molar-refractivity contribution in [1.29, 1.82) is 0 Å². The second-order valence-corrected chi connectivity index (χ2v) is 17.1. The van der Waals surface area contributed by atoms with E-state index in [-0.39, 0.29) is 23.4 Å². The molecule has 36 heavy (non-hydrogen) atoms. The fourth-order valence-corrected chi connectivity index (χ4v) is 10.7. The number of benzene rings is 2. The van der Waals surface area contributed by atoms with Crippen LogP contribution in [0.15, 0.2) is 60.7 Å². The van der Waals surface area contributed by atoms with Gasteiger partial charge < -0.3 is 13.9 Å². The summed E-state index contributed by atoms with van der Waals surface area (Å²) in [5.41, 5.74) is 0. The molecule has 0 N–H and O–H groups in total. The molecule has 2 aliphatic rings. The summed E-state index contributed by atoms with van der Waals surface area (Å²) >= 11 is 5.52. The van der Waals surface area contributed by atoms with Crippen LogP contribution >= 0.6 is 11.6 Å². The highest BCUT2D eigenvalue weighted by molar-refractivity contribution is 7.87. The zero-order valence-electron chi connectivity index (χ0n) is 21.3. The van der Waals surface area contributed by atoms with Crippen LogP contribution in [-0.2, 0) is 28.2 Å². The number of hydrogen-bond donors (Lipinski definition) is 0. The monoisotopic (exact) mass is 552 g/mol. The summed E-state index contributed by atoms with van der Waals surface area (Å²) in [5.74, 6) is 0. The maximum Gasteiger partial charge on any atom is 0.281 e. The SMILES string of the molecule is CC(C)(C)[Si](OC[C@H]1O[C@H]1CC[C@@H]1OCCC[C@@H]1OS(=O)(=O)CCl)(c1ccccc1)c1ccccc1. The van der Waals surface area contributed by atoms with Crippen LogP contribution in [0.1, 0.15) is 46.5 Å². The number of ether oxygens (including phenoxy) is 2. The van der Waals surface area contributed by atoms with Gasteiger partial charge in [-0.1, -0.05) is 81.4 Å². The van der Waals surface area contributed by atoms with E-state index in [1.54, 1.807) is 0 Å². The van der Waals surface area contributed by atoms with E-state index in [1.807, 2.05) is 12.1 Å². The van der Waals surface area contributed by atoms with Gasteiger partial charge in [0, 0.05) is 6.61 Å². The average molecular weight is 553 g/mol. The molecule has 2 saturated heterocycles. The molecule has 0 bridgehead atoms. The summed E-state index contributed by atoms with van der Waals surface area (Å²) in [6.45, 7) is 7.92. The van der Waals surface area contributed by atoms with Crippen LogP contribution in [0.2, 0.25) is 5.04 Å². The maximum absolute atomic E-state index is 11.9. The molecule has 2 aromatic rings. The van der Waals surface area contributed by atoms with Gasteiger partial charge in [0.1, 0.15) is 17.4 Å². The Kier molecular flexibility index (Phi) is 8.98. The van der Waals surface area contributed by atoms with Gasteiger partial charge in [-0.15, -0.1) is 11.6 Å². The predicted molar refractivity (Wildman–Crippen MR) is 145 cm³/mol. The van der Waals surface area contributed by atoms with Crippen molar-refractivity contribution in [2.24, 2.45) is 0 Å². The van der Waals surface area contributed by atoms with E-state index in [0.717, 1.165) is 12.8 Å². The normalized spacial score (nSPS) is 25.0. The van der Waals surface area contributed by atoms with Crippen molar-refractivity contribution in [3.05, 3.63) is 60.7 Å². The summed E-state index contributed by atoms with van der Waals surface area (Å²) in [5, 5.41) is 1.85. The number of rotatable bonds is 11. The first-order valence-corrected chi connectivity index (χ1v) is 16.7. The quantitative estimate of drug-likeness (QED) is 0.180. The lowest BCUT2D eigenvalue weighted by molar-refractivity contribution is -0.0647. The number of hydrogen-bond acceptors (Lipinski definition) is 6. The van der Waals surface area contributed by atoms with Crippen LogP contribution in [0.5, 0.6) is 0 Å². The number of halogens is 1. The Bertz CT molecular complexity index is 1040. The van der Waals surface area contributed by atoms with Crippen LogP contribution in [0.3, 0.4) is 0 Å². The average Bonchev–Trinajstić information content (AvgIpc) is 3.62. The molecule has 2 aliphatic heterocycles. The molecule has 0 saturated carbocycles. The molecule has 2 fully saturated rings. The summed E-state index contributed by atoms with van der Waals surface area (Å²) in [4.78, 5) is 0. The smallest absolute Gasteiger partial charge is 0.281 e. The van der Waals surface area contributed by atoms with E-state index >= 15 is 0 Å². The molecule has 4 atom stereocenters. The Morgan fingerprint density at radius 2 is 1.53 bits per heavy atom. The molecule has 0 aromatic heterocycles. The molecule has 6 nitrogen and oxygen atoms in total. The standard InChI is InChI=1S/C27H37ClO6SSi/c1-27(2,3)36(21-11-6-4-7-12-21,22-13-8-5-9-14-22)32-19-26-24(33-26)17-16-23-25(15-10-18-31-23)34-35(29,30)20-28/h4-9,11-14,23-26H,10,15-20H2,1-3H3/t23-,24-,25-,26+/m0/s1. The van der Waals surface area contributed by atoms with E-state index < -0.39 is 29.8 Å². The van der Waals surface area contributed by atoms with Crippen LogP contribution in [0.25, 0.3) is 0 Å². The van der Waals surface area contributed by atoms with Crippen molar-refractivity contribution in [1.82, 2.24) is 0 Å². The Hall–Kier alpha value is -1.26. The highest BCUT2D eigenvalue weighted by Gasteiger charge is 2.52. The van der Waals surface area contributed by atoms with Gasteiger partial charge >= 0.3 is 0 Å². The van der Waals surface area contributed by atoms with Crippen LogP contribution in [0, 0.1) is 0 Å². The summed E-state index contributed by atoms with van der Waals surface area (Å²) in [6, 6.07) is 21.2. The molecule has 0 spiro atoms. The largest absolute Gasteiger partial charge is 0.405 e. The molecule has 2 aromatic carbocycles. The first-order chi connectivity index (χ1) is 17.2. The highest BCUT2D eigenvalue weighted by atomic mass is 35.5. The topological polar surface area (TPSA) is 74.4 Å². The minimum absolute atomic E-state index is 0.0150. The molecule has 0 aliphatic carbocycles. The lowest BCUT2D eigenvalue weighted by Crippen LogP contribution is -2.66. The van der Waals surface area contributed by atoms with Gasteiger partial charge in [-0.05, 0) is 41.1 Å². The van der Waals surface area contributed by atoms with Crippen LogP contribution in [0.4, 0.5) is 0 Å². The molecular formula is C27H37ClO6SSi. The van der Waals surface area contributed by atoms with Gasteiger partial charge in [0.05, 0.1) is 18.8 Å². The third-order valence-electron chi connectivity index (χ3n) is 7.09. The lowest BCUT2D eigenvalue weighted by atomic mass is 10.00. The molecule has 198 valence electrons. The lowest BCUT2D eigenvalue weighted by Gasteiger charge is -2.43. The third kappa shape index (κ3) is 6.41. The number of epoxide rings is 1. The zero-order valence-corrected chi connectivity index (χ0v) is 23.8. The fraction of sp³-hybridized carbons (Fsp3) is 0.556. The van der Waals surface area contributed by atoms with E-state index in [1.165, 1.54) is 10.4 Å². The third-order valence-corrected chi connectivity index (χ3v) is 13.7. The molecule has 0 radical (unpaired) electrons. The van der Waals surface area contributed by atoms with Gasteiger partial charge in [0.15, 0.2) is 0 Å². The number of alkyl halides is 1. The molecule has 4 rings (SSSR count). The van der Waals surface area contributed by atoms with Gasteiger partial charge in [-0.3, -0.25) is 4.18 Å². The highest BCUT2D eigenvalue weighted by Crippen LogP contribution is 2.38. The van der Waals surface area contributed by atoms with Crippen molar-refractivity contribution >= 4 is 40.4 Å². The summed E-state index contributed by atoms with van der Waals surface area (Å²) < 4.78 is 47.9. The second-order valence-electron chi connectivity index (χ2n) is 10.6. The van der Waals surface area contributed by atoms with Gasteiger partial charge in [-0.2, -0.15) is 8.42 Å². The first kappa shape index (κ1) is 27.8. The van der Waals surface area contributed by atoms with E-state index in [2.05, 4.69) is 69.3 Å². The van der Waals surface area contributed by atoms with Crippen LogP contribution < -0.4 is 10.4 Å². The second kappa shape index (κ2) is 11.6. The van der Waals surface area contributed by atoms with Gasteiger partial charge in [0.2, 0.25) is 0 Å². The minimum atomic E-state index is -3.74. The molecule has 2 heterocycles. The molecule has 9 heteroatoms. The Morgan fingerprint density at radius 1 is 0.944 bits per heavy atom. The van der Waals surface area contributed by atoms with E-state index in [0.29, 0.717) is 26.1 Å². The van der Waals surface area contributed by atoms with Crippen molar-refractivity contribution in [3.8, 4) is 0 Å². The predicted octanol–water partition coefficient (Wildman–Crippen LogP) is 4.20. The Morgan fingerprint density at radius 3 is 2.08 bits per heavy atom. The van der Waals surface area contributed by atoms with E-state index in [4.69, 9.17) is 29.7 Å². The fourth-order valence-electron chi connectivity index (χ4n) is 5.28. The van der Waals surface area contributed by atoms with Crippen molar-refractivity contribution in [3.63, 3.8) is 0 Å². The maximum atomic E-state index is 11.9. The zero-order chi connectivity index (χ0) is 25.8. The molecule has 0 unspecified atom stereocenters. The molecule has 0 amide bonds. The van der Waals surface area contributed by atoms with Crippen molar-refractivity contribution < 1.29 is 26.5 Å². The minimum Gasteiger partial charge on any atom is -0.405 e. The Balaban J connectivity index is 1.42. The van der Waals surface area contributed by atoms with Crippen molar-refractivity contribution in [2.75, 3.05) is 18.4 Å². The summed E-state index contributed by atoms with van der Waals surface area (Å²) in [7, 11) is -6.34. The van der Waals surface area contributed by atoms with Crippen LogP contribution in [-0.4, -0.2) is 59.6 Å². The first-order valence-electron chi connectivity index (χ1n) is 12.7. The van der Waals surface area contributed by atoms with Gasteiger partial charge in [0.25, 0.3) is 18.4 Å². The van der Waals surface area contributed by atoms with E-state index in [9.17, 15) is 8.42 Å². The van der Waals surface area contributed by atoms with Gasteiger partial charge in [-0.25, -0.2) is 0 Å². The Labute approximate surface area is 221 Å². The van der Waals surface area contributed by atoms with Crippen molar-refractivity contribution in [2.45, 2.75) is 75.9 Å². The molecular weight excluding hydrogens is 516 g/mol.